The Morgan fingerprint density at radius 1 is 0.692 bits per heavy atom. The van der Waals surface area contributed by atoms with E-state index in [2.05, 4.69) is 48.5 Å². The van der Waals surface area contributed by atoms with Gasteiger partial charge in [0, 0.05) is 0 Å². The van der Waals surface area contributed by atoms with Crippen molar-refractivity contribution in [3.8, 4) is 0 Å². The van der Waals surface area contributed by atoms with E-state index in [9.17, 15) is 5.11 Å². The summed E-state index contributed by atoms with van der Waals surface area (Å²) in [7, 11) is 0. The van der Waals surface area contributed by atoms with Crippen molar-refractivity contribution in [3.63, 3.8) is 0 Å². The lowest BCUT2D eigenvalue weighted by Crippen LogP contribution is -2.29. The molecule has 2 aromatic carbocycles. The molecule has 2 aromatic rings. The van der Waals surface area contributed by atoms with Gasteiger partial charge in [-0.15, -0.1) is 0 Å². The molecule has 0 amide bonds. The van der Waals surface area contributed by atoms with Crippen molar-refractivity contribution >= 4 is 0 Å². The van der Waals surface area contributed by atoms with E-state index in [4.69, 9.17) is 0 Å². The Hall–Kier alpha value is -1.60. The third kappa shape index (κ3) is 7.33. The minimum Gasteiger partial charge on any atom is -0.385 e. The topological polar surface area (TPSA) is 20.2 Å². The van der Waals surface area contributed by atoms with E-state index in [1.807, 2.05) is 47.6 Å². The van der Waals surface area contributed by atoms with Crippen molar-refractivity contribution < 1.29 is 5.11 Å². The van der Waals surface area contributed by atoms with E-state index in [1.165, 1.54) is 17.5 Å². The average molecular weight is 357 g/mol. The molecule has 3 rings (SSSR count). The van der Waals surface area contributed by atoms with Crippen LogP contribution in [-0.4, -0.2) is 5.11 Å². The van der Waals surface area contributed by atoms with Crippen molar-refractivity contribution in [3.05, 3.63) is 71.3 Å². The average Bonchev–Trinajstić information content (AvgIpc) is 2.74. The fourth-order valence-electron chi connectivity index (χ4n) is 3.35. The number of aliphatic hydroxyl groups is 1. The van der Waals surface area contributed by atoms with E-state index in [0.717, 1.165) is 37.7 Å². The minimum absolute atomic E-state index is 0.608. The van der Waals surface area contributed by atoms with Gasteiger partial charge < -0.3 is 5.11 Å². The first-order valence-electron chi connectivity index (χ1n) is 10.6. The molecule has 0 atom stereocenters. The zero-order chi connectivity index (χ0) is 19.8. The lowest BCUT2D eigenvalue weighted by Gasteiger charge is -2.34. The molecular weight excluding hydrogens is 316 g/mol. The molecule has 0 radical (unpaired) electrons. The van der Waals surface area contributed by atoms with E-state index in [0.29, 0.717) is 0 Å². The molecule has 0 aromatic heterocycles. The summed E-state index contributed by atoms with van der Waals surface area (Å²) in [6.07, 6.45) is 6.23. The Morgan fingerprint density at radius 2 is 1.19 bits per heavy atom. The maximum absolute atomic E-state index is 11.0. The van der Waals surface area contributed by atoms with Gasteiger partial charge in [-0.25, -0.2) is 0 Å². The highest BCUT2D eigenvalue weighted by molar-refractivity contribution is 5.36. The Kier molecular flexibility index (Phi) is 13.7. The molecule has 1 nitrogen and oxygen atoms in total. The van der Waals surface area contributed by atoms with Crippen LogP contribution in [-0.2, 0) is 12.0 Å². The predicted octanol–water partition coefficient (Wildman–Crippen LogP) is 7.51. The molecule has 1 aliphatic carbocycles. The SMILES string of the molecule is CC.CC.CC.OC1(c2ccccc2Cc2ccccc2)CCCCC1. The molecule has 0 heterocycles. The van der Waals surface area contributed by atoms with Crippen LogP contribution in [0.2, 0.25) is 0 Å². The molecule has 1 saturated carbocycles. The van der Waals surface area contributed by atoms with Gasteiger partial charge in [0.25, 0.3) is 0 Å². The Bertz CT molecular complexity index is 553. The Labute approximate surface area is 162 Å². The number of hydrogen-bond donors (Lipinski definition) is 1. The van der Waals surface area contributed by atoms with Crippen molar-refractivity contribution in [1.29, 1.82) is 0 Å². The summed E-state index contributed by atoms with van der Waals surface area (Å²) in [5.74, 6) is 0. The molecule has 0 unspecified atom stereocenters. The first-order chi connectivity index (χ1) is 12.8. The monoisotopic (exact) mass is 356 g/mol. The molecule has 0 aliphatic heterocycles. The second kappa shape index (κ2) is 14.6. The smallest absolute Gasteiger partial charge is 0.0899 e. The normalized spacial score (nSPS) is 14.4. The summed E-state index contributed by atoms with van der Waals surface area (Å²) in [4.78, 5) is 0. The van der Waals surface area contributed by atoms with E-state index in [-0.39, 0.29) is 0 Å². The largest absolute Gasteiger partial charge is 0.385 e. The lowest BCUT2D eigenvalue weighted by atomic mass is 9.77. The summed E-state index contributed by atoms with van der Waals surface area (Å²) >= 11 is 0. The van der Waals surface area contributed by atoms with Crippen LogP contribution in [0.1, 0.15) is 90.3 Å². The van der Waals surface area contributed by atoms with Gasteiger partial charge in [0.2, 0.25) is 0 Å². The van der Waals surface area contributed by atoms with Gasteiger partial charge in [0.05, 0.1) is 5.60 Å². The van der Waals surface area contributed by atoms with Crippen molar-refractivity contribution in [2.45, 2.75) is 85.7 Å². The molecule has 26 heavy (non-hydrogen) atoms. The van der Waals surface area contributed by atoms with E-state index in [1.54, 1.807) is 0 Å². The highest BCUT2D eigenvalue weighted by Crippen LogP contribution is 2.38. The minimum atomic E-state index is -0.608. The van der Waals surface area contributed by atoms with Crippen LogP contribution in [0.15, 0.2) is 54.6 Å². The van der Waals surface area contributed by atoms with Crippen LogP contribution in [0.3, 0.4) is 0 Å². The molecule has 146 valence electrons. The molecule has 0 spiro atoms. The summed E-state index contributed by atoms with van der Waals surface area (Å²) in [5.41, 5.74) is 3.11. The fourth-order valence-corrected chi connectivity index (χ4v) is 3.35. The highest BCUT2D eigenvalue weighted by atomic mass is 16.3. The number of benzene rings is 2. The highest BCUT2D eigenvalue weighted by Gasteiger charge is 2.32. The van der Waals surface area contributed by atoms with Gasteiger partial charge in [0.15, 0.2) is 0 Å². The molecule has 0 saturated heterocycles. The Balaban J connectivity index is 0.000000948. The maximum atomic E-state index is 11.0. The zero-order valence-electron chi connectivity index (χ0n) is 17.9. The molecule has 1 aliphatic rings. The van der Waals surface area contributed by atoms with Crippen LogP contribution in [0.4, 0.5) is 0 Å². The van der Waals surface area contributed by atoms with Crippen molar-refractivity contribution in [2.24, 2.45) is 0 Å². The lowest BCUT2D eigenvalue weighted by molar-refractivity contribution is -0.00132. The van der Waals surface area contributed by atoms with Gasteiger partial charge >= 0.3 is 0 Å². The van der Waals surface area contributed by atoms with Crippen LogP contribution >= 0.6 is 0 Å². The second-order valence-corrected chi connectivity index (χ2v) is 5.91. The van der Waals surface area contributed by atoms with Crippen LogP contribution in [0, 0.1) is 0 Å². The molecule has 1 N–H and O–H groups in total. The van der Waals surface area contributed by atoms with Crippen molar-refractivity contribution in [2.75, 3.05) is 0 Å². The molecule has 1 heteroatoms. The zero-order valence-corrected chi connectivity index (χ0v) is 17.9. The second-order valence-electron chi connectivity index (χ2n) is 5.91. The standard InChI is InChI=1S/C19H22O.3C2H6/c20-19(13-7-2-8-14-19)18-12-6-5-11-17(18)15-16-9-3-1-4-10-16;3*1-2/h1,3-6,9-12,20H,2,7-8,13-15H2;3*1-2H3. The third-order valence-electron chi connectivity index (χ3n) is 4.44. The molecule has 1 fully saturated rings. The number of hydrogen-bond acceptors (Lipinski definition) is 1. The van der Waals surface area contributed by atoms with Crippen LogP contribution in [0.25, 0.3) is 0 Å². The molecular formula is C25H40O. The Morgan fingerprint density at radius 3 is 1.77 bits per heavy atom. The van der Waals surface area contributed by atoms with Gasteiger partial charge in [-0.3, -0.25) is 0 Å². The van der Waals surface area contributed by atoms with E-state index < -0.39 is 5.60 Å². The van der Waals surface area contributed by atoms with Gasteiger partial charge in [0.1, 0.15) is 0 Å². The number of rotatable bonds is 3. The summed E-state index contributed by atoms with van der Waals surface area (Å²) in [5, 5.41) is 11.0. The van der Waals surface area contributed by atoms with E-state index >= 15 is 0 Å². The molecule has 0 bridgehead atoms. The first kappa shape index (κ1) is 24.4. The predicted molar refractivity (Wildman–Crippen MR) is 117 cm³/mol. The maximum Gasteiger partial charge on any atom is 0.0899 e. The first-order valence-corrected chi connectivity index (χ1v) is 10.6. The van der Waals surface area contributed by atoms with Crippen molar-refractivity contribution in [1.82, 2.24) is 0 Å². The van der Waals surface area contributed by atoms with Gasteiger partial charge in [-0.05, 0) is 36.0 Å². The van der Waals surface area contributed by atoms with Gasteiger partial charge in [-0.2, -0.15) is 0 Å². The fraction of sp³-hybridized carbons (Fsp3) is 0.520. The van der Waals surface area contributed by atoms with Crippen LogP contribution < -0.4 is 0 Å². The third-order valence-corrected chi connectivity index (χ3v) is 4.44. The quantitative estimate of drug-likeness (QED) is 0.603. The van der Waals surface area contributed by atoms with Gasteiger partial charge in [-0.1, -0.05) is 115 Å². The summed E-state index contributed by atoms with van der Waals surface area (Å²) in [6, 6.07) is 18.9. The summed E-state index contributed by atoms with van der Waals surface area (Å²) in [6.45, 7) is 12.0. The summed E-state index contributed by atoms with van der Waals surface area (Å²) < 4.78 is 0. The van der Waals surface area contributed by atoms with Crippen LogP contribution in [0.5, 0.6) is 0 Å².